The van der Waals surface area contributed by atoms with Gasteiger partial charge < -0.3 is 11.1 Å². The summed E-state index contributed by atoms with van der Waals surface area (Å²) in [7, 11) is -1.92. The van der Waals surface area contributed by atoms with E-state index in [4.69, 9.17) is 5.73 Å². The summed E-state index contributed by atoms with van der Waals surface area (Å²) in [5, 5.41) is 2.72. The highest BCUT2D eigenvalue weighted by molar-refractivity contribution is 7.89. The van der Waals surface area contributed by atoms with Crippen LogP contribution in [0, 0.1) is 5.92 Å². The fourth-order valence-electron chi connectivity index (χ4n) is 2.91. The molecular weight excluding hydrogens is 362 g/mol. The topological polar surface area (TPSA) is 92.5 Å². The van der Waals surface area contributed by atoms with Crippen LogP contribution in [0.5, 0.6) is 0 Å². The first-order valence-corrected chi connectivity index (χ1v) is 9.89. The van der Waals surface area contributed by atoms with Crippen LogP contribution in [0.3, 0.4) is 0 Å². The van der Waals surface area contributed by atoms with Gasteiger partial charge in [-0.2, -0.15) is 4.31 Å². The van der Waals surface area contributed by atoms with E-state index in [0.29, 0.717) is 5.69 Å². The van der Waals surface area contributed by atoms with Crippen LogP contribution in [0.25, 0.3) is 0 Å². The van der Waals surface area contributed by atoms with E-state index in [0.717, 1.165) is 25.7 Å². The van der Waals surface area contributed by atoms with E-state index in [9.17, 15) is 13.2 Å². The number of benzene rings is 1. The number of carbonyl (C=O) groups is 1. The zero-order valence-electron chi connectivity index (χ0n) is 14.8. The maximum Gasteiger partial charge on any atom is 0.243 e. The van der Waals surface area contributed by atoms with Gasteiger partial charge in [0, 0.05) is 31.2 Å². The molecular formula is C17H28ClN3O3S. The second kappa shape index (κ2) is 9.52. The highest BCUT2D eigenvalue weighted by Crippen LogP contribution is 2.27. The van der Waals surface area contributed by atoms with Crippen molar-refractivity contribution in [1.29, 1.82) is 0 Å². The summed E-state index contributed by atoms with van der Waals surface area (Å²) in [6.07, 6.45) is 5.11. The number of hydrogen-bond acceptors (Lipinski definition) is 4. The van der Waals surface area contributed by atoms with Crippen LogP contribution in [-0.4, -0.2) is 38.3 Å². The Morgan fingerprint density at radius 3 is 2.56 bits per heavy atom. The average molecular weight is 390 g/mol. The van der Waals surface area contributed by atoms with Crippen molar-refractivity contribution in [2.24, 2.45) is 11.7 Å². The zero-order valence-corrected chi connectivity index (χ0v) is 16.4. The summed E-state index contributed by atoms with van der Waals surface area (Å²) < 4.78 is 27.2. The minimum Gasteiger partial charge on any atom is -0.330 e. The van der Waals surface area contributed by atoms with Crippen LogP contribution in [0.2, 0.25) is 0 Å². The van der Waals surface area contributed by atoms with Gasteiger partial charge in [0.15, 0.2) is 0 Å². The van der Waals surface area contributed by atoms with E-state index < -0.39 is 10.0 Å². The molecule has 1 aromatic carbocycles. The van der Waals surface area contributed by atoms with Crippen LogP contribution < -0.4 is 11.1 Å². The number of hydrogen-bond donors (Lipinski definition) is 2. The van der Waals surface area contributed by atoms with Crippen molar-refractivity contribution in [2.45, 2.75) is 50.0 Å². The van der Waals surface area contributed by atoms with Gasteiger partial charge in [-0.15, -0.1) is 12.4 Å². The molecule has 142 valence electrons. The third-order valence-corrected chi connectivity index (χ3v) is 6.57. The lowest BCUT2D eigenvalue weighted by atomic mass is 9.96. The van der Waals surface area contributed by atoms with Crippen molar-refractivity contribution in [3.8, 4) is 0 Å². The number of rotatable bonds is 6. The molecule has 1 aromatic rings. The fourth-order valence-corrected chi connectivity index (χ4v) is 4.38. The summed E-state index contributed by atoms with van der Waals surface area (Å²) in [6, 6.07) is 6.46. The molecule has 1 atom stereocenters. The number of nitrogens with zero attached hydrogens (tertiary/aromatic N) is 1. The molecule has 0 radical (unpaired) electrons. The molecule has 3 N–H and O–H groups in total. The van der Waals surface area contributed by atoms with E-state index in [1.54, 1.807) is 32.2 Å². The Bertz CT molecular complexity index is 675. The highest BCUT2D eigenvalue weighted by Gasteiger charge is 2.29. The Morgan fingerprint density at radius 2 is 1.96 bits per heavy atom. The van der Waals surface area contributed by atoms with Gasteiger partial charge in [-0.1, -0.05) is 32.3 Å². The van der Waals surface area contributed by atoms with Gasteiger partial charge in [-0.25, -0.2) is 8.42 Å². The molecule has 6 nitrogen and oxygen atoms in total. The van der Waals surface area contributed by atoms with Crippen molar-refractivity contribution in [3.05, 3.63) is 24.3 Å². The predicted octanol–water partition coefficient (Wildman–Crippen LogP) is 2.59. The molecule has 0 spiro atoms. The van der Waals surface area contributed by atoms with Crippen LogP contribution in [0.15, 0.2) is 29.2 Å². The lowest BCUT2D eigenvalue weighted by Gasteiger charge is -2.30. The van der Waals surface area contributed by atoms with E-state index in [2.05, 4.69) is 5.32 Å². The number of nitrogens with one attached hydrogen (secondary N) is 1. The molecule has 1 aliphatic rings. The molecule has 0 saturated heterocycles. The lowest BCUT2D eigenvalue weighted by molar-refractivity contribution is -0.119. The van der Waals surface area contributed by atoms with E-state index in [-0.39, 0.29) is 41.7 Å². The molecule has 0 bridgehead atoms. The molecule has 2 rings (SSSR count). The average Bonchev–Trinajstić information content (AvgIpc) is 2.61. The monoisotopic (exact) mass is 389 g/mol. The van der Waals surface area contributed by atoms with Gasteiger partial charge in [-0.05, 0) is 31.0 Å². The van der Waals surface area contributed by atoms with Gasteiger partial charge in [0.05, 0.1) is 4.90 Å². The first-order chi connectivity index (χ1) is 11.4. The standard InChI is InChI=1S/C17H27N3O3S.ClH/c1-13(12-18)17(21)19-14-7-6-10-16(11-14)24(22,23)20(2)15-8-4-3-5-9-15;/h6-7,10-11,13,15H,3-5,8-9,12,18H2,1-2H3,(H,19,21);1H. The Labute approximate surface area is 156 Å². The molecule has 1 amide bonds. The summed E-state index contributed by atoms with van der Waals surface area (Å²) in [5.41, 5.74) is 5.96. The number of halogens is 1. The molecule has 1 fully saturated rings. The first kappa shape index (κ1) is 21.9. The van der Waals surface area contributed by atoms with Crippen LogP contribution in [0.4, 0.5) is 5.69 Å². The summed E-state index contributed by atoms with van der Waals surface area (Å²) in [4.78, 5) is 12.1. The Kier molecular flexibility index (Phi) is 8.34. The minimum atomic E-state index is -3.57. The highest BCUT2D eigenvalue weighted by atomic mass is 35.5. The number of anilines is 1. The van der Waals surface area contributed by atoms with Crippen molar-refractivity contribution in [1.82, 2.24) is 4.31 Å². The molecule has 0 aliphatic heterocycles. The Hall–Kier alpha value is -1.15. The molecule has 1 aliphatic carbocycles. The van der Waals surface area contributed by atoms with Gasteiger partial charge >= 0.3 is 0 Å². The maximum absolute atomic E-state index is 12.9. The number of amides is 1. The van der Waals surface area contributed by atoms with Gasteiger partial charge in [-0.3, -0.25) is 4.79 Å². The molecule has 25 heavy (non-hydrogen) atoms. The van der Waals surface area contributed by atoms with Gasteiger partial charge in [0.2, 0.25) is 15.9 Å². The van der Waals surface area contributed by atoms with Crippen LogP contribution in [-0.2, 0) is 14.8 Å². The smallest absolute Gasteiger partial charge is 0.243 e. The predicted molar refractivity (Wildman–Crippen MR) is 102 cm³/mol. The van der Waals surface area contributed by atoms with Crippen LogP contribution in [0.1, 0.15) is 39.0 Å². The fraction of sp³-hybridized carbons (Fsp3) is 0.588. The summed E-state index contributed by atoms with van der Waals surface area (Å²) in [6.45, 7) is 1.97. The molecule has 0 heterocycles. The van der Waals surface area contributed by atoms with Crippen LogP contribution >= 0.6 is 12.4 Å². The summed E-state index contributed by atoms with van der Waals surface area (Å²) >= 11 is 0. The van der Waals surface area contributed by atoms with Crippen molar-refractivity contribution >= 4 is 34.0 Å². The molecule has 1 saturated carbocycles. The molecule has 0 aromatic heterocycles. The van der Waals surface area contributed by atoms with E-state index >= 15 is 0 Å². The zero-order chi connectivity index (χ0) is 17.7. The second-order valence-electron chi connectivity index (χ2n) is 6.47. The molecule has 1 unspecified atom stereocenters. The largest absolute Gasteiger partial charge is 0.330 e. The lowest BCUT2D eigenvalue weighted by Crippen LogP contribution is -2.38. The number of nitrogens with two attached hydrogens (primary N) is 1. The Balaban J connectivity index is 0.00000312. The Morgan fingerprint density at radius 1 is 1.32 bits per heavy atom. The maximum atomic E-state index is 12.9. The van der Waals surface area contributed by atoms with E-state index in [1.807, 2.05) is 0 Å². The normalized spacial score (nSPS) is 17.0. The summed E-state index contributed by atoms with van der Waals surface area (Å²) in [5.74, 6) is -0.539. The second-order valence-corrected chi connectivity index (χ2v) is 8.46. The van der Waals surface area contributed by atoms with Crippen molar-refractivity contribution in [3.63, 3.8) is 0 Å². The number of sulfonamides is 1. The minimum absolute atomic E-state index is 0. The number of carbonyl (C=O) groups excluding carboxylic acids is 1. The van der Waals surface area contributed by atoms with E-state index in [1.165, 1.54) is 16.8 Å². The quantitative estimate of drug-likeness (QED) is 0.782. The SMILES string of the molecule is CC(CN)C(=O)Nc1cccc(S(=O)(=O)N(C)C2CCCCC2)c1.Cl. The van der Waals surface area contributed by atoms with Crippen molar-refractivity contribution in [2.75, 3.05) is 18.9 Å². The first-order valence-electron chi connectivity index (χ1n) is 8.45. The molecule has 8 heteroatoms. The third kappa shape index (κ3) is 5.41. The van der Waals surface area contributed by atoms with Gasteiger partial charge in [0.25, 0.3) is 0 Å². The van der Waals surface area contributed by atoms with Gasteiger partial charge in [0.1, 0.15) is 0 Å². The third-order valence-electron chi connectivity index (χ3n) is 4.67. The van der Waals surface area contributed by atoms with Crippen molar-refractivity contribution < 1.29 is 13.2 Å².